The van der Waals surface area contributed by atoms with Crippen molar-refractivity contribution < 1.29 is 0 Å². The number of aryl methyl sites for hydroxylation is 2. The zero-order valence-electron chi connectivity index (χ0n) is 12.5. The molecule has 3 heterocycles. The van der Waals surface area contributed by atoms with E-state index in [2.05, 4.69) is 25.0 Å². The van der Waals surface area contributed by atoms with Crippen LogP contribution in [0.1, 0.15) is 41.9 Å². The summed E-state index contributed by atoms with van der Waals surface area (Å²) in [5.41, 5.74) is 8.99. The molecule has 112 valence electrons. The van der Waals surface area contributed by atoms with Crippen molar-refractivity contribution in [1.29, 1.82) is 0 Å². The Balaban J connectivity index is 1.94. The van der Waals surface area contributed by atoms with Crippen LogP contribution in [0.4, 0.5) is 0 Å². The van der Waals surface area contributed by atoms with Gasteiger partial charge in [-0.15, -0.1) is 15.3 Å². The average molecular weight is 304 g/mol. The van der Waals surface area contributed by atoms with Gasteiger partial charge in [-0.1, -0.05) is 6.42 Å². The topological polar surface area (TPSA) is 82.5 Å². The fourth-order valence-electron chi connectivity index (χ4n) is 2.58. The minimum atomic E-state index is 0.464. The summed E-state index contributed by atoms with van der Waals surface area (Å²) in [7, 11) is 0. The Hall–Kier alpha value is -1.47. The first-order valence-corrected chi connectivity index (χ1v) is 8.15. The van der Waals surface area contributed by atoms with Gasteiger partial charge in [-0.3, -0.25) is 0 Å². The van der Waals surface area contributed by atoms with Gasteiger partial charge in [0.1, 0.15) is 10.9 Å². The van der Waals surface area contributed by atoms with Crippen molar-refractivity contribution >= 4 is 11.8 Å². The fraction of sp³-hybridized carbons (Fsp3) is 0.571. The third kappa shape index (κ3) is 2.80. The first-order valence-electron chi connectivity index (χ1n) is 7.33. The summed E-state index contributed by atoms with van der Waals surface area (Å²) >= 11 is 1.53. The first-order chi connectivity index (χ1) is 10.2. The highest BCUT2D eigenvalue weighted by atomic mass is 32.2. The van der Waals surface area contributed by atoms with Crippen LogP contribution in [0.3, 0.4) is 0 Å². The molecule has 0 unspecified atom stereocenters. The van der Waals surface area contributed by atoms with Gasteiger partial charge in [0.25, 0.3) is 0 Å². The highest BCUT2D eigenvalue weighted by Gasteiger charge is 2.18. The summed E-state index contributed by atoms with van der Waals surface area (Å²) < 4.78 is 2.22. The number of hydrogen-bond acceptors (Lipinski definition) is 6. The van der Waals surface area contributed by atoms with Gasteiger partial charge in [0, 0.05) is 25.1 Å². The lowest BCUT2D eigenvalue weighted by molar-refractivity contribution is 0.590. The molecule has 0 aliphatic carbocycles. The molecule has 0 atom stereocenters. The number of nitrogens with two attached hydrogens (primary N) is 1. The molecule has 1 aliphatic rings. The third-order valence-electron chi connectivity index (χ3n) is 4.01. The zero-order valence-corrected chi connectivity index (χ0v) is 13.3. The summed E-state index contributed by atoms with van der Waals surface area (Å²) in [5.74, 6) is 1.08. The minimum absolute atomic E-state index is 0.464. The Morgan fingerprint density at radius 3 is 2.76 bits per heavy atom. The lowest BCUT2D eigenvalue weighted by Crippen LogP contribution is -2.08. The Bertz CT molecular complexity index is 651. The van der Waals surface area contributed by atoms with Crippen LogP contribution in [0.25, 0.3) is 0 Å². The predicted molar refractivity (Wildman–Crippen MR) is 81.1 cm³/mol. The lowest BCUT2D eigenvalue weighted by atomic mass is 10.1. The van der Waals surface area contributed by atoms with Crippen molar-refractivity contribution in [3.8, 4) is 0 Å². The average Bonchev–Trinajstić information content (AvgIpc) is 2.71. The van der Waals surface area contributed by atoms with Crippen LogP contribution in [-0.4, -0.2) is 25.0 Å². The Labute approximate surface area is 128 Å². The van der Waals surface area contributed by atoms with Gasteiger partial charge >= 0.3 is 0 Å². The van der Waals surface area contributed by atoms with Crippen molar-refractivity contribution in [2.75, 3.05) is 0 Å². The molecule has 0 amide bonds. The van der Waals surface area contributed by atoms with E-state index < -0.39 is 0 Å². The van der Waals surface area contributed by atoms with Crippen LogP contribution >= 0.6 is 11.8 Å². The monoisotopic (exact) mass is 304 g/mol. The van der Waals surface area contributed by atoms with E-state index in [1.165, 1.54) is 31.0 Å². The van der Waals surface area contributed by atoms with E-state index in [4.69, 9.17) is 5.73 Å². The number of fused-ring (bicyclic) bond motifs is 1. The van der Waals surface area contributed by atoms with Gasteiger partial charge in [0.05, 0.1) is 5.69 Å². The number of aromatic nitrogens is 5. The summed E-state index contributed by atoms with van der Waals surface area (Å²) in [6.07, 6.45) is 4.64. The van der Waals surface area contributed by atoms with Crippen LogP contribution in [0.15, 0.2) is 10.2 Å². The van der Waals surface area contributed by atoms with Crippen LogP contribution in [0.2, 0.25) is 0 Å². The van der Waals surface area contributed by atoms with Crippen molar-refractivity contribution in [3.63, 3.8) is 0 Å². The van der Waals surface area contributed by atoms with Gasteiger partial charge in [0.2, 0.25) is 0 Å². The highest BCUT2D eigenvalue weighted by Crippen LogP contribution is 2.30. The number of rotatable bonds is 3. The molecule has 0 radical (unpaired) electrons. The minimum Gasteiger partial charge on any atom is -0.326 e. The molecule has 21 heavy (non-hydrogen) atoms. The van der Waals surface area contributed by atoms with Crippen LogP contribution in [-0.2, 0) is 19.5 Å². The quantitative estimate of drug-likeness (QED) is 0.934. The number of hydrogen-bond donors (Lipinski definition) is 1. The van der Waals surface area contributed by atoms with Crippen LogP contribution < -0.4 is 5.73 Å². The van der Waals surface area contributed by atoms with E-state index in [9.17, 15) is 0 Å². The van der Waals surface area contributed by atoms with Crippen molar-refractivity contribution in [2.45, 2.75) is 62.8 Å². The largest absolute Gasteiger partial charge is 0.326 e. The molecule has 0 spiro atoms. The second kappa shape index (κ2) is 6.11. The third-order valence-corrected chi connectivity index (χ3v) is 5.02. The highest BCUT2D eigenvalue weighted by molar-refractivity contribution is 7.99. The molecule has 0 saturated heterocycles. The molecule has 7 heteroatoms. The molecule has 2 aromatic rings. The maximum Gasteiger partial charge on any atom is 0.197 e. The molecule has 0 fully saturated rings. The number of nitrogens with zero attached hydrogens (tertiary/aromatic N) is 5. The first kappa shape index (κ1) is 14.5. The van der Waals surface area contributed by atoms with E-state index in [0.717, 1.165) is 45.8 Å². The Kier molecular flexibility index (Phi) is 4.21. The second-order valence-corrected chi connectivity index (χ2v) is 6.32. The van der Waals surface area contributed by atoms with Crippen molar-refractivity contribution in [1.82, 2.24) is 25.0 Å². The fourth-order valence-corrected chi connectivity index (χ4v) is 3.58. The predicted octanol–water partition coefficient (Wildman–Crippen LogP) is 2.02. The van der Waals surface area contributed by atoms with E-state index in [1.54, 1.807) is 0 Å². The van der Waals surface area contributed by atoms with Crippen LogP contribution in [0, 0.1) is 13.8 Å². The molecular weight excluding hydrogens is 284 g/mol. The molecule has 1 aliphatic heterocycles. The molecule has 0 bridgehead atoms. The maximum atomic E-state index is 5.89. The normalized spacial score (nSPS) is 14.8. The van der Waals surface area contributed by atoms with E-state index >= 15 is 0 Å². The summed E-state index contributed by atoms with van der Waals surface area (Å²) in [6, 6.07) is 0. The second-order valence-electron chi connectivity index (χ2n) is 5.36. The molecule has 0 saturated carbocycles. The molecule has 6 nitrogen and oxygen atoms in total. The Morgan fingerprint density at radius 2 is 1.95 bits per heavy atom. The van der Waals surface area contributed by atoms with E-state index in [0.29, 0.717) is 6.54 Å². The zero-order chi connectivity index (χ0) is 14.8. The standard InChI is InChI=1S/C14H20N6S/c1-9-10(2)16-18-13(11(9)8-15)21-14-19-17-12-6-4-3-5-7-20(12)14/h3-8,15H2,1-2H3. The lowest BCUT2D eigenvalue weighted by Gasteiger charge is -2.11. The molecule has 2 aromatic heterocycles. The van der Waals surface area contributed by atoms with Gasteiger partial charge < -0.3 is 10.3 Å². The van der Waals surface area contributed by atoms with Gasteiger partial charge in [-0.25, -0.2) is 0 Å². The SMILES string of the molecule is Cc1nnc(Sc2nnc3n2CCCCC3)c(CN)c1C. The van der Waals surface area contributed by atoms with E-state index in [1.807, 2.05) is 13.8 Å². The van der Waals surface area contributed by atoms with Gasteiger partial charge in [-0.05, 0) is 44.0 Å². The van der Waals surface area contributed by atoms with E-state index in [-0.39, 0.29) is 0 Å². The van der Waals surface area contributed by atoms with Crippen LogP contribution in [0.5, 0.6) is 0 Å². The smallest absolute Gasteiger partial charge is 0.197 e. The molecule has 2 N–H and O–H groups in total. The summed E-state index contributed by atoms with van der Waals surface area (Å²) in [4.78, 5) is 0. The molecule has 0 aromatic carbocycles. The van der Waals surface area contributed by atoms with Gasteiger partial charge in [0.15, 0.2) is 5.16 Å². The maximum absolute atomic E-state index is 5.89. The summed E-state index contributed by atoms with van der Waals surface area (Å²) in [6.45, 7) is 5.45. The molecule has 3 rings (SSSR count). The Morgan fingerprint density at radius 1 is 1.10 bits per heavy atom. The summed E-state index contributed by atoms with van der Waals surface area (Å²) in [5, 5.41) is 18.9. The molecular formula is C14H20N6S. The van der Waals surface area contributed by atoms with Crippen molar-refractivity contribution in [3.05, 3.63) is 22.6 Å². The van der Waals surface area contributed by atoms with Gasteiger partial charge in [-0.2, -0.15) is 5.10 Å². The van der Waals surface area contributed by atoms with Crippen molar-refractivity contribution in [2.24, 2.45) is 5.73 Å².